The van der Waals surface area contributed by atoms with Crippen molar-refractivity contribution in [2.45, 2.75) is 31.0 Å². The molecule has 0 aromatic heterocycles. The summed E-state index contributed by atoms with van der Waals surface area (Å²) in [5.41, 5.74) is 1.93. The molecule has 14 heteroatoms. The molecule has 3 rings (SSSR count). The molecule has 2 aromatic rings. The zero-order chi connectivity index (χ0) is 29.2. The predicted octanol–water partition coefficient (Wildman–Crippen LogP) is 2.66. The fourth-order valence-electron chi connectivity index (χ4n) is 3.60. The second kappa shape index (κ2) is 14.1. The summed E-state index contributed by atoms with van der Waals surface area (Å²) < 4.78 is 71.0. The molecule has 1 fully saturated rings. The smallest absolute Gasteiger partial charge is 0.490 e. The van der Waals surface area contributed by atoms with E-state index in [-0.39, 0.29) is 36.1 Å². The number of carbonyl (C=O) groups is 2. The van der Waals surface area contributed by atoms with Crippen molar-refractivity contribution in [1.82, 2.24) is 14.5 Å². The highest BCUT2D eigenvalue weighted by atomic mass is 32.2. The van der Waals surface area contributed by atoms with E-state index >= 15 is 0 Å². The lowest BCUT2D eigenvalue weighted by atomic mass is 10.1. The van der Waals surface area contributed by atoms with Gasteiger partial charge in [-0.2, -0.15) is 17.5 Å². The number of piperazine rings is 1. The van der Waals surface area contributed by atoms with Gasteiger partial charge in [0, 0.05) is 51.8 Å². The van der Waals surface area contributed by atoms with Gasteiger partial charge in [0.15, 0.2) is 0 Å². The van der Waals surface area contributed by atoms with Crippen LogP contribution in [0.4, 0.5) is 13.2 Å². The van der Waals surface area contributed by atoms with Gasteiger partial charge in [0.05, 0.1) is 14.2 Å². The lowest BCUT2D eigenvalue weighted by Gasteiger charge is -2.29. The number of sulfonamides is 1. The van der Waals surface area contributed by atoms with Gasteiger partial charge in [-0.05, 0) is 24.6 Å². The SMILES string of the molecule is COc1ccc(OC)c(S(=O)(=O)N(CCC(=O)N2CCNCC2)Cc2ccc(C)cc2)c1.O=C(O)C(F)(F)F. The number of benzene rings is 2. The number of aliphatic carboxylic acids is 1. The molecule has 0 radical (unpaired) electrons. The molecule has 10 nitrogen and oxygen atoms in total. The lowest BCUT2D eigenvalue weighted by Crippen LogP contribution is -2.47. The molecule has 1 aliphatic rings. The summed E-state index contributed by atoms with van der Waals surface area (Å²) in [7, 11) is -1.06. The number of nitrogens with zero attached hydrogens (tertiary/aromatic N) is 2. The molecule has 1 amide bonds. The van der Waals surface area contributed by atoms with Crippen LogP contribution in [-0.2, 0) is 26.2 Å². The summed E-state index contributed by atoms with van der Waals surface area (Å²) in [5.74, 6) is -2.16. The summed E-state index contributed by atoms with van der Waals surface area (Å²) >= 11 is 0. The summed E-state index contributed by atoms with van der Waals surface area (Å²) in [6.45, 7) is 4.96. The van der Waals surface area contributed by atoms with E-state index in [0.717, 1.165) is 24.2 Å². The zero-order valence-electron chi connectivity index (χ0n) is 21.8. The van der Waals surface area contributed by atoms with Crippen LogP contribution in [0.3, 0.4) is 0 Å². The highest BCUT2D eigenvalue weighted by Crippen LogP contribution is 2.31. The first kappa shape index (κ1) is 31.9. The quantitative estimate of drug-likeness (QED) is 0.468. The number of hydrogen-bond acceptors (Lipinski definition) is 7. The number of nitrogens with one attached hydrogen (secondary N) is 1. The highest BCUT2D eigenvalue weighted by Gasteiger charge is 2.38. The summed E-state index contributed by atoms with van der Waals surface area (Å²) in [6.07, 6.45) is -4.97. The van der Waals surface area contributed by atoms with Gasteiger partial charge < -0.3 is 24.8 Å². The Morgan fingerprint density at radius 1 is 1.05 bits per heavy atom. The number of amides is 1. The van der Waals surface area contributed by atoms with Crippen LogP contribution in [0.2, 0.25) is 0 Å². The van der Waals surface area contributed by atoms with Gasteiger partial charge in [-0.25, -0.2) is 13.2 Å². The van der Waals surface area contributed by atoms with Crippen molar-refractivity contribution in [2.24, 2.45) is 0 Å². The maximum absolute atomic E-state index is 13.7. The van der Waals surface area contributed by atoms with Crippen LogP contribution in [0.25, 0.3) is 0 Å². The summed E-state index contributed by atoms with van der Waals surface area (Å²) in [5, 5.41) is 10.3. The van der Waals surface area contributed by atoms with E-state index in [9.17, 15) is 26.4 Å². The van der Waals surface area contributed by atoms with Crippen molar-refractivity contribution in [3.63, 3.8) is 0 Å². The number of hydrogen-bond donors (Lipinski definition) is 2. The molecule has 1 heterocycles. The maximum atomic E-state index is 13.7. The first-order valence-corrected chi connectivity index (χ1v) is 13.3. The molecule has 216 valence electrons. The van der Waals surface area contributed by atoms with Crippen LogP contribution in [-0.4, -0.2) is 87.7 Å². The molecule has 1 aliphatic heterocycles. The normalized spacial score (nSPS) is 13.9. The number of carbonyl (C=O) groups excluding carboxylic acids is 1. The van der Waals surface area contributed by atoms with E-state index in [2.05, 4.69) is 5.32 Å². The number of aryl methyl sites for hydroxylation is 1. The molecule has 0 bridgehead atoms. The van der Waals surface area contributed by atoms with E-state index in [1.54, 1.807) is 17.0 Å². The molecule has 0 aliphatic carbocycles. The van der Waals surface area contributed by atoms with Gasteiger partial charge >= 0.3 is 12.1 Å². The Kier molecular flexibility index (Phi) is 11.6. The summed E-state index contributed by atoms with van der Waals surface area (Å²) in [4.78, 5) is 23.4. The molecule has 0 atom stereocenters. The van der Waals surface area contributed by atoms with Crippen molar-refractivity contribution >= 4 is 21.9 Å². The molecule has 2 aromatic carbocycles. The minimum absolute atomic E-state index is 0.0149. The van der Waals surface area contributed by atoms with Crippen LogP contribution >= 0.6 is 0 Å². The first-order chi connectivity index (χ1) is 18.3. The van der Waals surface area contributed by atoms with Gasteiger partial charge in [0.25, 0.3) is 0 Å². The average Bonchev–Trinajstić information content (AvgIpc) is 2.91. The Balaban J connectivity index is 0.000000673. The Hall–Kier alpha value is -3.36. The average molecular weight is 576 g/mol. The highest BCUT2D eigenvalue weighted by molar-refractivity contribution is 7.89. The fraction of sp³-hybridized carbons (Fsp3) is 0.440. The standard InChI is InChI=1S/C23H31N3O5S.C2HF3O2/c1-18-4-6-19(7-5-18)17-26(13-10-23(27)25-14-11-24-12-15-25)32(28,29)22-16-20(30-2)8-9-21(22)31-3;3-2(4,5)1(6)7/h4-9,16,24H,10-15,17H2,1-3H3;(H,6,7). The third-order valence-electron chi connectivity index (χ3n) is 5.76. The van der Waals surface area contributed by atoms with Crippen LogP contribution in [0.5, 0.6) is 11.5 Å². The van der Waals surface area contributed by atoms with Crippen molar-refractivity contribution in [2.75, 3.05) is 46.9 Å². The molecular formula is C25H32F3N3O7S. The van der Waals surface area contributed by atoms with Crippen molar-refractivity contribution in [3.8, 4) is 11.5 Å². The Bertz CT molecular complexity index is 1220. The van der Waals surface area contributed by atoms with Crippen LogP contribution < -0.4 is 14.8 Å². The molecule has 2 N–H and O–H groups in total. The third-order valence-corrected chi connectivity index (χ3v) is 7.62. The third kappa shape index (κ3) is 9.41. The van der Waals surface area contributed by atoms with Gasteiger partial charge in [-0.15, -0.1) is 0 Å². The Labute approximate surface area is 225 Å². The number of methoxy groups -OCH3 is 2. The van der Waals surface area contributed by atoms with Gasteiger partial charge in [0.2, 0.25) is 15.9 Å². The summed E-state index contributed by atoms with van der Waals surface area (Å²) in [6, 6.07) is 12.4. The van der Waals surface area contributed by atoms with E-state index in [1.165, 1.54) is 24.6 Å². The number of carboxylic acids is 1. The second-order valence-electron chi connectivity index (χ2n) is 8.52. The minimum Gasteiger partial charge on any atom is -0.497 e. The van der Waals surface area contributed by atoms with Crippen LogP contribution in [0, 0.1) is 6.92 Å². The fourth-order valence-corrected chi connectivity index (χ4v) is 5.20. The van der Waals surface area contributed by atoms with E-state index in [1.807, 2.05) is 31.2 Å². The number of halogens is 3. The molecule has 0 spiro atoms. The number of ether oxygens (including phenoxy) is 2. The number of rotatable bonds is 9. The van der Waals surface area contributed by atoms with Crippen molar-refractivity contribution < 1.29 is 45.8 Å². The van der Waals surface area contributed by atoms with Crippen LogP contribution in [0.15, 0.2) is 47.4 Å². The molecule has 39 heavy (non-hydrogen) atoms. The second-order valence-corrected chi connectivity index (χ2v) is 10.4. The van der Waals surface area contributed by atoms with Gasteiger partial charge in [-0.3, -0.25) is 4.79 Å². The number of carboxylic acid groups (broad SMARTS) is 1. The molecule has 0 unspecified atom stereocenters. The van der Waals surface area contributed by atoms with E-state index < -0.39 is 22.2 Å². The van der Waals surface area contributed by atoms with Gasteiger partial charge in [0.1, 0.15) is 16.4 Å². The Morgan fingerprint density at radius 2 is 1.64 bits per heavy atom. The lowest BCUT2D eigenvalue weighted by molar-refractivity contribution is -0.192. The van der Waals surface area contributed by atoms with Crippen LogP contribution in [0.1, 0.15) is 17.5 Å². The van der Waals surface area contributed by atoms with Crippen molar-refractivity contribution in [3.05, 3.63) is 53.6 Å². The maximum Gasteiger partial charge on any atom is 0.490 e. The molecule has 1 saturated heterocycles. The first-order valence-electron chi connectivity index (χ1n) is 11.9. The molecular weight excluding hydrogens is 543 g/mol. The van der Waals surface area contributed by atoms with E-state index in [0.29, 0.717) is 18.8 Å². The predicted molar refractivity (Wildman–Crippen MR) is 136 cm³/mol. The molecule has 0 saturated carbocycles. The topological polar surface area (TPSA) is 125 Å². The van der Waals surface area contributed by atoms with Crippen molar-refractivity contribution in [1.29, 1.82) is 0 Å². The van der Waals surface area contributed by atoms with E-state index in [4.69, 9.17) is 19.4 Å². The van der Waals surface area contributed by atoms with Gasteiger partial charge in [-0.1, -0.05) is 29.8 Å². The zero-order valence-corrected chi connectivity index (χ0v) is 22.6. The largest absolute Gasteiger partial charge is 0.497 e. The Morgan fingerprint density at radius 3 is 2.15 bits per heavy atom. The number of alkyl halides is 3. The monoisotopic (exact) mass is 575 g/mol. The minimum atomic E-state index is -5.08.